The molecule has 0 atom stereocenters. The number of hydrogen-bond acceptors (Lipinski definition) is 3. The van der Waals surface area contributed by atoms with Crippen molar-refractivity contribution >= 4 is 17.3 Å². The van der Waals surface area contributed by atoms with Gasteiger partial charge in [0.15, 0.2) is 0 Å². The van der Waals surface area contributed by atoms with Gasteiger partial charge in [0.1, 0.15) is 0 Å². The Morgan fingerprint density at radius 2 is 1.92 bits per heavy atom. The van der Waals surface area contributed by atoms with Crippen LogP contribution in [0.4, 0.5) is 11.4 Å². The lowest BCUT2D eigenvalue weighted by atomic mass is 10.00. The molecular formula is C20H24N2O2. The number of aryl methyl sites for hydroxylation is 1. The van der Waals surface area contributed by atoms with Crippen molar-refractivity contribution in [2.24, 2.45) is 0 Å². The predicted molar refractivity (Wildman–Crippen MR) is 97.3 cm³/mol. The summed E-state index contributed by atoms with van der Waals surface area (Å²) in [5, 5.41) is 2.87. The highest BCUT2D eigenvalue weighted by Crippen LogP contribution is 2.30. The highest BCUT2D eigenvalue weighted by molar-refractivity contribution is 5.89. The summed E-state index contributed by atoms with van der Waals surface area (Å²) in [6.45, 7) is 4.16. The summed E-state index contributed by atoms with van der Waals surface area (Å²) in [5.41, 5.74) is 5.96. The number of benzene rings is 2. The maximum absolute atomic E-state index is 11.2. The van der Waals surface area contributed by atoms with E-state index in [0.29, 0.717) is 6.61 Å². The van der Waals surface area contributed by atoms with Crippen LogP contribution in [0.5, 0.6) is 0 Å². The van der Waals surface area contributed by atoms with Crippen molar-refractivity contribution in [2.75, 3.05) is 23.9 Å². The fourth-order valence-corrected chi connectivity index (χ4v) is 3.25. The third-order valence-electron chi connectivity index (χ3n) is 4.32. The SMILES string of the molecule is COCc1ccc(CN2CCCc3cc(NC(C)=O)ccc32)cc1. The molecule has 1 aliphatic rings. The lowest BCUT2D eigenvalue weighted by Crippen LogP contribution is -2.28. The Labute approximate surface area is 143 Å². The second kappa shape index (κ2) is 7.49. The molecule has 0 saturated carbocycles. The molecule has 2 aromatic rings. The molecule has 1 amide bonds. The molecule has 1 heterocycles. The summed E-state index contributed by atoms with van der Waals surface area (Å²) in [6, 6.07) is 14.8. The normalized spacial score (nSPS) is 13.5. The summed E-state index contributed by atoms with van der Waals surface area (Å²) in [7, 11) is 1.72. The Kier molecular flexibility index (Phi) is 5.16. The zero-order chi connectivity index (χ0) is 16.9. The number of anilines is 2. The van der Waals surface area contributed by atoms with E-state index in [1.165, 1.54) is 22.4 Å². The number of rotatable bonds is 5. The van der Waals surface area contributed by atoms with Gasteiger partial charge in [-0.3, -0.25) is 4.79 Å². The minimum Gasteiger partial charge on any atom is -0.380 e. The number of carbonyl (C=O) groups excluding carboxylic acids is 1. The largest absolute Gasteiger partial charge is 0.380 e. The lowest BCUT2D eigenvalue weighted by molar-refractivity contribution is -0.114. The molecule has 1 aliphatic heterocycles. The van der Waals surface area contributed by atoms with E-state index in [2.05, 4.69) is 46.6 Å². The minimum absolute atomic E-state index is 0.0289. The van der Waals surface area contributed by atoms with E-state index in [1.807, 2.05) is 6.07 Å². The quantitative estimate of drug-likeness (QED) is 0.911. The van der Waals surface area contributed by atoms with Crippen molar-refractivity contribution in [3.05, 3.63) is 59.2 Å². The molecule has 4 heteroatoms. The number of ether oxygens (including phenoxy) is 1. The smallest absolute Gasteiger partial charge is 0.221 e. The summed E-state index contributed by atoms with van der Waals surface area (Å²) in [4.78, 5) is 13.6. The molecule has 0 aromatic heterocycles. The third kappa shape index (κ3) is 3.95. The summed E-state index contributed by atoms with van der Waals surface area (Å²) >= 11 is 0. The van der Waals surface area contributed by atoms with Crippen LogP contribution < -0.4 is 10.2 Å². The van der Waals surface area contributed by atoms with Gasteiger partial charge >= 0.3 is 0 Å². The molecule has 24 heavy (non-hydrogen) atoms. The summed E-state index contributed by atoms with van der Waals surface area (Å²) < 4.78 is 5.16. The zero-order valence-corrected chi connectivity index (χ0v) is 14.3. The van der Waals surface area contributed by atoms with Crippen molar-refractivity contribution < 1.29 is 9.53 Å². The molecule has 0 spiro atoms. The first-order valence-corrected chi connectivity index (χ1v) is 8.38. The van der Waals surface area contributed by atoms with Gasteiger partial charge in [-0.1, -0.05) is 24.3 Å². The molecule has 0 unspecified atom stereocenters. The van der Waals surface area contributed by atoms with Crippen LogP contribution in [0.15, 0.2) is 42.5 Å². The van der Waals surface area contributed by atoms with Gasteiger partial charge in [0.05, 0.1) is 6.61 Å². The van der Waals surface area contributed by atoms with Gasteiger partial charge in [-0.05, 0) is 47.7 Å². The van der Waals surface area contributed by atoms with E-state index in [1.54, 1.807) is 14.0 Å². The maximum Gasteiger partial charge on any atom is 0.221 e. The van der Waals surface area contributed by atoms with Crippen LogP contribution >= 0.6 is 0 Å². The first-order chi connectivity index (χ1) is 11.7. The predicted octanol–water partition coefficient (Wildman–Crippen LogP) is 3.74. The minimum atomic E-state index is -0.0289. The molecule has 126 valence electrons. The Morgan fingerprint density at radius 1 is 1.17 bits per heavy atom. The van der Waals surface area contributed by atoms with Crippen LogP contribution in [0, 0.1) is 0 Å². The van der Waals surface area contributed by atoms with E-state index in [-0.39, 0.29) is 5.91 Å². The number of methoxy groups -OCH3 is 1. The van der Waals surface area contributed by atoms with E-state index in [9.17, 15) is 4.79 Å². The summed E-state index contributed by atoms with van der Waals surface area (Å²) in [6.07, 6.45) is 2.20. The number of fused-ring (bicyclic) bond motifs is 1. The van der Waals surface area contributed by atoms with Gasteiger partial charge in [0.25, 0.3) is 0 Å². The first-order valence-electron chi connectivity index (χ1n) is 8.38. The molecular weight excluding hydrogens is 300 g/mol. The van der Waals surface area contributed by atoms with Crippen molar-refractivity contribution in [1.29, 1.82) is 0 Å². The summed E-state index contributed by atoms with van der Waals surface area (Å²) in [5.74, 6) is -0.0289. The van der Waals surface area contributed by atoms with Gasteiger partial charge in [0.2, 0.25) is 5.91 Å². The number of hydrogen-bond donors (Lipinski definition) is 1. The van der Waals surface area contributed by atoms with Crippen LogP contribution in [-0.4, -0.2) is 19.6 Å². The molecule has 1 N–H and O–H groups in total. The molecule has 0 fully saturated rings. The molecule has 0 aliphatic carbocycles. The van der Waals surface area contributed by atoms with Gasteiger partial charge in [-0.15, -0.1) is 0 Å². The van der Waals surface area contributed by atoms with Crippen LogP contribution in [0.3, 0.4) is 0 Å². The third-order valence-corrected chi connectivity index (χ3v) is 4.32. The van der Waals surface area contributed by atoms with Gasteiger partial charge in [-0.2, -0.15) is 0 Å². The Morgan fingerprint density at radius 3 is 2.62 bits per heavy atom. The van der Waals surface area contributed by atoms with Crippen LogP contribution in [0.1, 0.15) is 30.0 Å². The number of nitrogens with zero attached hydrogens (tertiary/aromatic N) is 1. The van der Waals surface area contributed by atoms with Crippen LogP contribution in [0.2, 0.25) is 0 Å². The average molecular weight is 324 g/mol. The molecule has 3 rings (SSSR count). The number of carbonyl (C=O) groups is 1. The highest BCUT2D eigenvalue weighted by Gasteiger charge is 2.17. The average Bonchev–Trinajstić information content (AvgIpc) is 2.56. The second-order valence-electron chi connectivity index (χ2n) is 6.30. The van der Waals surface area contributed by atoms with E-state index >= 15 is 0 Å². The van der Waals surface area contributed by atoms with Crippen molar-refractivity contribution in [1.82, 2.24) is 0 Å². The van der Waals surface area contributed by atoms with Gasteiger partial charge in [0, 0.05) is 38.5 Å². The fourth-order valence-electron chi connectivity index (χ4n) is 3.25. The molecule has 4 nitrogen and oxygen atoms in total. The van der Waals surface area contributed by atoms with Gasteiger partial charge < -0.3 is 15.0 Å². The molecule has 0 saturated heterocycles. The second-order valence-corrected chi connectivity index (χ2v) is 6.30. The zero-order valence-electron chi connectivity index (χ0n) is 14.3. The van der Waals surface area contributed by atoms with Crippen molar-refractivity contribution in [2.45, 2.75) is 32.9 Å². The monoisotopic (exact) mass is 324 g/mol. The number of amides is 1. The van der Waals surface area contributed by atoms with Crippen LogP contribution in [-0.2, 0) is 29.1 Å². The van der Waals surface area contributed by atoms with E-state index in [4.69, 9.17) is 4.74 Å². The van der Waals surface area contributed by atoms with Crippen LogP contribution in [0.25, 0.3) is 0 Å². The Hall–Kier alpha value is -2.33. The van der Waals surface area contributed by atoms with E-state index in [0.717, 1.165) is 31.6 Å². The van der Waals surface area contributed by atoms with Crippen molar-refractivity contribution in [3.63, 3.8) is 0 Å². The van der Waals surface area contributed by atoms with Gasteiger partial charge in [-0.25, -0.2) is 0 Å². The lowest BCUT2D eigenvalue weighted by Gasteiger charge is -2.32. The Balaban J connectivity index is 1.75. The first kappa shape index (κ1) is 16.5. The maximum atomic E-state index is 11.2. The van der Waals surface area contributed by atoms with Crippen molar-refractivity contribution in [3.8, 4) is 0 Å². The number of nitrogens with one attached hydrogen (secondary N) is 1. The molecule has 0 radical (unpaired) electrons. The fraction of sp³-hybridized carbons (Fsp3) is 0.350. The molecule has 2 aromatic carbocycles. The standard InChI is InChI=1S/C20H24N2O2/c1-15(23)21-19-9-10-20-18(12-19)4-3-11-22(20)13-16-5-7-17(8-6-16)14-24-2/h5-10,12H,3-4,11,13-14H2,1-2H3,(H,21,23). The molecule has 0 bridgehead atoms. The highest BCUT2D eigenvalue weighted by atomic mass is 16.5. The van der Waals surface area contributed by atoms with E-state index < -0.39 is 0 Å². The Bertz CT molecular complexity index is 710. The topological polar surface area (TPSA) is 41.6 Å².